The van der Waals surface area contributed by atoms with Crippen LogP contribution in [0, 0.1) is 0 Å². The van der Waals surface area contributed by atoms with Crippen LogP contribution in [0.1, 0.15) is 26.3 Å². The van der Waals surface area contributed by atoms with Crippen molar-refractivity contribution in [3.63, 3.8) is 0 Å². The molecule has 0 bridgehead atoms. The van der Waals surface area contributed by atoms with Gasteiger partial charge in [0.05, 0.1) is 23.2 Å². The number of fused-ring (bicyclic) bond motifs is 2. The van der Waals surface area contributed by atoms with E-state index < -0.39 is 5.97 Å². The monoisotopic (exact) mass is 349 g/mol. The molecule has 130 valence electrons. The number of benzene rings is 2. The molecular weight excluding hydrogens is 334 g/mol. The highest BCUT2D eigenvalue weighted by Crippen LogP contribution is 2.26. The zero-order valence-corrected chi connectivity index (χ0v) is 13.8. The van der Waals surface area contributed by atoms with E-state index in [9.17, 15) is 14.4 Å². The highest BCUT2D eigenvalue weighted by Gasteiger charge is 2.34. The topological polar surface area (TPSA) is 72.9 Å². The number of ether oxygens (including phenoxy) is 2. The van der Waals surface area contributed by atoms with E-state index in [4.69, 9.17) is 9.47 Å². The Hall–Kier alpha value is -3.41. The normalized spacial score (nSPS) is 15.1. The molecule has 0 saturated heterocycles. The van der Waals surface area contributed by atoms with Gasteiger partial charge in [0.25, 0.3) is 11.8 Å². The summed E-state index contributed by atoms with van der Waals surface area (Å²) in [4.78, 5) is 37.8. The van der Waals surface area contributed by atoms with Crippen molar-refractivity contribution in [1.29, 1.82) is 0 Å². The second kappa shape index (κ2) is 6.48. The first kappa shape index (κ1) is 16.1. The zero-order chi connectivity index (χ0) is 18.1. The molecule has 2 aliphatic heterocycles. The van der Waals surface area contributed by atoms with E-state index in [2.05, 4.69) is 0 Å². The molecule has 4 rings (SSSR count). The van der Waals surface area contributed by atoms with Crippen LogP contribution in [0.25, 0.3) is 6.08 Å². The molecular formula is C20H15NO5. The molecule has 0 unspecified atom stereocenters. The quantitative estimate of drug-likeness (QED) is 0.626. The summed E-state index contributed by atoms with van der Waals surface area (Å²) in [5.41, 5.74) is 1.96. The summed E-state index contributed by atoms with van der Waals surface area (Å²) in [6.45, 7) is 0.0783. The third kappa shape index (κ3) is 2.75. The average Bonchev–Trinajstić information content (AvgIpc) is 2.92. The predicted molar refractivity (Wildman–Crippen MR) is 92.7 cm³/mol. The maximum Gasteiger partial charge on any atom is 0.337 e. The largest absolute Gasteiger partial charge is 0.488 e. The van der Waals surface area contributed by atoms with E-state index in [1.165, 1.54) is 0 Å². The van der Waals surface area contributed by atoms with Crippen LogP contribution in [0.5, 0.6) is 5.75 Å². The SMILES string of the molecule is O=C(OCCN1C(=O)c2ccccc2C1=O)C1=Cc2ccccc2OC1. The lowest BCUT2D eigenvalue weighted by atomic mass is 10.1. The van der Waals surface area contributed by atoms with Crippen LogP contribution in [-0.4, -0.2) is 42.4 Å². The van der Waals surface area contributed by atoms with Gasteiger partial charge in [0.15, 0.2) is 0 Å². The molecule has 6 heteroatoms. The molecule has 2 amide bonds. The molecule has 2 aromatic carbocycles. The first-order valence-corrected chi connectivity index (χ1v) is 8.20. The summed E-state index contributed by atoms with van der Waals surface area (Å²) in [6, 6.07) is 14.0. The van der Waals surface area contributed by atoms with E-state index in [1.807, 2.05) is 24.3 Å². The number of carbonyl (C=O) groups is 3. The molecule has 0 saturated carbocycles. The minimum Gasteiger partial charge on any atom is -0.488 e. The van der Waals surface area contributed by atoms with E-state index in [1.54, 1.807) is 30.3 Å². The molecule has 0 aliphatic carbocycles. The number of nitrogens with zero attached hydrogens (tertiary/aromatic N) is 1. The lowest BCUT2D eigenvalue weighted by Crippen LogP contribution is -2.33. The van der Waals surface area contributed by atoms with Gasteiger partial charge < -0.3 is 9.47 Å². The van der Waals surface area contributed by atoms with Crippen molar-refractivity contribution >= 4 is 23.9 Å². The van der Waals surface area contributed by atoms with Crippen molar-refractivity contribution in [3.8, 4) is 5.75 Å². The standard InChI is InChI=1S/C20H15NO5/c22-18-15-6-2-3-7-16(15)19(23)21(18)9-10-25-20(24)14-11-13-5-1-4-8-17(13)26-12-14/h1-8,11H,9-10,12H2. The number of amides is 2. The fourth-order valence-electron chi connectivity index (χ4n) is 3.00. The average molecular weight is 349 g/mol. The van der Waals surface area contributed by atoms with Crippen LogP contribution >= 0.6 is 0 Å². The molecule has 2 heterocycles. The number of hydrogen-bond donors (Lipinski definition) is 0. The van der Waals surface area contributed by atoms with Crippen molar-refractivity contribution in [1.82, 2.24) is 4.90 Å². The van der Waals surface area contributed by atoms with E-state index in [-0.39, 0.29) is 31.6 Å². The van der Waals surface area contributed by atoms with Gasteiger partial charge in [-0.2, -0.15) is 0 Å². The number of para-hydroxylation sites is 1. The fourth-order valence-corrected chi connectivity index (χ4v) is 3.00. The molecule has 2 aromatic rings. The smallest absolute Gasteiger partial charge is 0.337 e. The van der Waals surface area contributed by atoms with Crippen molar-refractivity contribution in [2.75, 3.05) is 19.8 Å². The summed E-state index contributed by atoms with van der Waals surface area (Å²) >= 11 is 0. The van der Waals surface area contributed by atoms with Crippen molar-refractivity contribution < 1.29 is 23.9 Å². The summed E-state index contributed by atoms with van der Waals surface area (Å²) in [5, 5.41) is 0. The Morgan fingerprint density at radius 1 is 1.00 bits per heavy atom. The lowest BCUT2D eigenvalue weighted by molar-refractivity contribution is -0.139. The first-order valence-electron chi connectivity index (χ1n) is 8.20. The van der Waals surface area contributed by atoms with Gasteiger partial charge in [0.2, 0.25) is 0 Å². The molecule has 0 atom stereocenters. The number of imide groups is 1. The molecule has 2 aliphatic rings. The third-order valence-electron chi connectivity index (χ3n) is 4.32. The molecule has 0 radical (unpaired) electrons. The van der Waals surface area contributed by atoms with Gasteiger partial charge in [-0.25, -0.2) is 4.79 Å². The first-order chi connectivity index (χ1) is 12.6. The Balaban J connectivity index is 1.37. The number of carbonyl (C=O) groups excluding carboxylic acids is 3. The number of hydrogen-bond acceptors (Lipinski definition) is 5. The van der Waals surface area contributed by atoms with Crippen LogP contribution < -0.4 is 4.74 Å². The Bertz CT molecular complexity index is 912. The molecule has 0 aromatic heterocycles. The minimum atomic E-state index is -0.517. The van der Waals surface area contributed by atoms with Gasteiger partial charge in [0.1, 0.15) is 19.0 Å². The van der Waals surface area contributed by atoms with Crippen molar-refractivity contribution in [3.05, 3.63) is 70.8 Å². The highest BCUT2D eigenvalue weighted by atomic mass is 16.5. The zero-order valence-electron chi connectivity index (χ0n) is 13.8. The molecule has 26 heavy (non-hydrogen) atoms. The third-order valence-corrected chi connectivity index (χ3v) is 4.32. The molecule has 0 N–H and O–H groups in total. The van der Waals surface area contributed by atoms with E-state index in [0.717, 1.165) is 16.2 Å². The second-order valence-corrected chi connectivity index (χ2v) is 5.94. The van der Waals surface area contributed by atoms with Gasteiger partial charge in [-0.3, -0.25) is 14.5 Å². The van der Waals surface area contributed by atoms with Crippen LogP contribution in [0.2, 0.25) is 0 Å². The predicted octanol–water partition coefficient (Wildman–Crippen LogP) is 2.30. The Kier molecular flexibility index (Phi) is 4.01. The summed E-state index contributed by atoms with van der Waals surface area (Å²) in [5.74, 6) is -0.530. The van der Waals surface area contributed by atoms with Gasteiger partial charge in [0, 0.05) is 5.56 Å². The molecule has 6 nitrogen and oxygen atoms in total. The number of esters is 1. The minimum absolute atomic E-state index is 0.0167. The van der Waals surface area contributed by atoms with Crippen molar-refractivity contribution in [2.45, 2.75) is 0 Å². The summed E-state index contributed by atoms with van der Waals surface area (Å²) < 4.78 is 10.7. The number of rotatable bonds is 4. The van der Waals surface area contributed by atoms with Gasteiger partial charge in [-0.1, -0.05) is 30.3 Å². The van der Waals surface area contributed by atoms with E-state index >= 15 is 0 Å². The maximum atomic E-state index is 12.3. The Morgan fingerprint density at radius 3 is 2.38 bits per heavy atom. The van der Waals surface area contributed by atoms with Crippen LogP contribution in [0.4, 0.5) is 0 Å². The Labute approximate surface area is 149 Å². The highest BCUT2D eigenvalue weighted by molar-refractivity contribution is 6.21. The molecule has 0 spiro atoms. The maximum absolute atomic E-state index is 12.3. The van der Waals surface area contributed by atoms with Gasteiger partial charge in [-0.15, -0.1) is 0 Å². The van der Waals surface area contributed by atoms with Crippen LogP contribution in [0.3, 0.4) is 0 Å². The summed E-state index contributed by atoms with van der Waals surface area (Å²) in [6.07, 6.45) is 1.73. The van der Waals surface area contributed by atoms with Crippen LogP contribution in [-0.2, 0) is 9.53 Å². The second-order valence-electron chi connectivity index (χ2n) is 5.94. The summed E-state index contributed by atoms with van der Waals surface area (Å²) in [7, 11) is 0. The van der Waals surface area contributed by atoms with Crippen LogP contribution in [0.15, 0.2) is 54.1 Å². The fraction of sp³-hybridized carbons (Fsp3) is 0.150. The van der Waals surface area contributed by atoms with E-state index in [0.29, 0.717) is 16.7 Å². The van der Waals surface area contributed by atoms with Crippen molar-refractivity contribution in [2.24, 2.45) is 0 Å². The lowest BCUT2D eigenvalue weighted by Gasteiger charge is -2.18. The van der Waals surface area contributed by atoms with Gasteiger partial charge in [-0.05, 0) is 24.3 Å². The molecule has 0 fully saturated rings. The van der Waals surface area contributed by atoms with Gasteiger partial charge >= 0.3 is 5.97 Å². The Morgan fingerprint density at radius 2 is 1.65 bits per heavy atom.